The first kappa shape index (κ1) is 8.10. The van der Waals surface area contributed by atoms with Crippen molar-refractivity contribution in [3.8, 4) is 0 Å². The molecule has 3 heteroatoms. The number of halogens is 3. The minimum Gasteiger partial charge on any atom is -0.207 e. The molecule has 0 saturated carbocycles. The summed E-state index contributed by atoms with van der Waals surface area (Å²) in [5.74, 6) is -2.66. The first-order valence-corrected chi connectivity index (χ1v) is 3.55. The van der Waals surface area contributed by atoms with Crippen LogP contribution in [0.5, 0.6) is 0 Å². The predicted molar refractivity (Wildman–Crippen MR) is 41.5 cm³/mol. The molecule has 2 rings (SSSR count). The van der Waals surface area contributed by atoms with Crippen LogP contribution in [0.15, 0.2) is 18.2 Å². The maximum atomic E-state index is 12.6. The van der Waals surface area contributed by atoms with Crippen LogP contribution in [0.4, 0.5) is 13.2 Å². The first-order valence-electron chi connectivity index (χ1n) is 3.55. The summed E-state index contributed by atoms with van der Waals surface area (Å²) < 4.78 is 37.8. The van der Waals surface area contributed by atoms with E-state index in [1.807, 2.05) is 0 Å². The normalized spacial score (nSPS) is 10.7. The maximum absolute atomic E-state index is 12.6. The molecule has 0 nitrogen and oxygen atoms in total. The van der Waals surface area contributed by atoms with Crippen molar-refractivity contribution in [3.05, 3.63) is 47.8 Å². The van der Waals surface area contributed by atoms with Gasteiger partial charge in [-0.15, -0.1) is 0 Å². The Bertz CT molecular complexity index is 463. The molecule has 0 aromatic heterocycles. The van der Waals surface area contributed by atoms with E-state index in [2.05, 4.69) is 12.1 Å². The summed E-state index contributed by atoms with van der Waals surface area (Å²) >= 11 is 0. The van der Waals surface area contributed by atoms with Crippen molar-refractivity contribution < 1.29 is 13.2 Å². The van der Waals surface area contributed by atoms with Gasteiger partial charge in [0.15, 0.2) is 11.6 Å². The van der Waals surface area contributed by atoms with Gasteiger partial charge >= 0.3 is 0 Å². The summed E-state index contributed by atoms with van der Waals surface area (Å²) in [6, 6.07) is 7.66. The summed E-state index contributed by atoms with van der Waals surface area (Å²) in [4.78, 5) is 0. The van der Waals surface area contributed by atoms with Gasteiger partial charge in [-0.25, -0.2) is 13.2 Å². The van der Waals surface area contributed by atoms with Crippen molar-refractivity contribution in [3.63, 3.8) is 0 Å². The molecule has 0 fully saturated rings. The van der Waals surface area contributed by atoms with Crippen LogP contribution >= 0.6 is 0 Å². The topological polar surface area (TPSA) is 0 Å². The molecular weight excluding hydrogens is 177 g/mol. The molecule has 0 spiro atoms. The lowest BCUT2D eigenvalue weighted by atomic mass is 10.1. The maximum Gasteiger partial charge on any atom is 0.167 e. The van der Waals surface area contributed by atoms with Gasteiger partial charge in [-0.3, -0.25) is 0 Å². The summed E-state index contributed by atoms with van der Waals surface area (Å²) in [7, 11) is 0. The van der Waals surface area contributed by atoms with E-state index in [4.69, 9.17) is 0 Å². The van der Waals surface area contributed by atoms with E-state index >= 15 is 0 Å². The van der Waals surface area contributed by atoms with Crippen LogP contribution in [0.3, 0.4) is 0 Å². The van der Waals surface area contributed by atoms with Crippen molar-refractivity contribution in [2.24, 2.45) is 0 Å². The zero-order valence-corrected chi connectivity index (χ0v) is 6.37. The zero-order valence-electron chi connectivity index (χ0n) is 6.37. The molecule has 0 saturated heterocycles. The summed E-state index contributed by atoms with van der Waals surface area (Å²) in [5.41, 5.74) is 0. The Labute approximate surface area is 72.6 Å². The number of hydrogen-bond donors (Lipinski definition) is 0. The molecular formula is C10H3F3. The minimum absolute atomic E-state index is 0.180. The van der Waals surface area contributed by atoms with Gasteiger partial charge in [0.1, 0.15) is 5.82 Å². The van der Waals surface area contributed by atoms with Gasteiger partial charge in [0, 0.05) is 6.07 Å². The summed E-state index contributed by atoms with van der Waals surface area (Å²) in [6.45, 7) is 0. The average Bonchev–Trinajstić information content (AvgIpc) is 2.08. The molecule has 2 aromatic rings. The highest BCUT2D eigenvalue weighted by Crippen LogP contribution is 2.17. The molecule has 13 heavy (non-hydrogen) atoms. The van der Waals surface area contributed by atoms with Gasteiger partial charge in [0.05, 0.1) is 0 Å². The van der Waals surface area contributed by atoms with Gasteiger partial charge in [0.25, 0.3) is 0 Å². The second-order valence-corrected chi connectivity index (χ2v) is 2.58. The van der Waals surface area contributed by atoms with Crippen molar-refractivity contribution in [2.45, 2.75) is 0 Å². The SMILES string of the molecule is Fc1c[c]c2cc(F)c(F)[c]c2c1. The Hall–Kier alpha value is -1.51. The number of hydrogen-bond acceptors (Lipinski definition) is 0. The Morgan fingerprint density at radius 1 is 1.00 bits per heavy atom. The largest absolute Gasteiger partial charge is 0.207 e. The van der Waals surface area contributed by atoms with Crippen molar-refractivity contribution in [1.29, 1.82) is 0 Å². The molecule has 0 atom stereocenters. The highest BCUT2D eigenvalue weighted by Gasteiger charge is 2.04. The molecule has 0 aliphatic carbocycles. The van der Waals surface area contributed by atoms with Crippen molar-refractivity contribution in [1.82, 2.24) is 0 Å². The van der Waals surface area contributed by atoms with E-state index < -0.39 is 17.5 Å². The molecule has 2 aromatic carbocycles. The molecule has 0 aliphatic heterocycles. The molecule has 0 heterocycles. The smallest absolute Gasteiger partial charge is 0.167 e. The lowest BCUT2D eigenvalue weighted by Gasteiger charge is -1.97. The van der Waals surface area contributed by atoms with E-state index in [0.717, 1.165) is 18.2 Å². The van der Waals surface area contributed by atoms with E-state index in [0.29, 0.717) is 5.39 Å². The molecule has 64 valence electrons. The monoisotopic (exact) mass is 180 g/mol. The van der Waals surface area contributed by atoms with Gasteiger partial charge in [-0.2, -0.15) is 0 Å². The number of rotatable bonds is 0. The van der Waals surface area contributed by atoms with Crippen molar-refractivity contribution >= 4 is 10.8 Å². The van der Waals surface area contributed by atoms with Gasteiger partial charge in [-0.1, -0.05) is 0 Å². The van der Waals surface area contributed by atoms with Crippen LogP contribution in [-0.2, 0) is 0 Å². The second-order valence-electron chi connectivity index (χ2n) is 2.58. The van der Waals surface area contributed by atoms with E-state index in [1.165, 1.54) is 0 Å². The summed E-state index contributed by atoms with van der Waals surface area (Å²) in [5, 5.41) is 0.485. The Morgan fingerprint density at radius 2 is 1.77 bits per heavy atom. The number of fused-ring (bicyclic) bond motifs is 1. The van der Waals surface area contributed by atoms with Crippen LogP contribution in [0, 0.1) is 29.6 Å². The van der Waals surface area contributed by atoms with Crippen LogP contribution in [0.1, 0.15) is 0 Å². The third kappa shape index (κ3) is 1.37. The molecule has 0 unspecified atom stereocenters. The standard InChI is InChI=1S/C10H3F3/c11-8-2-1-6-4-9(12)10(13)5-7(6)3-8/h2-4H. The molecule has 0 bridgehead atoms. The first-order chi connectivity index (χ1) is 6.16. The average molecular weight is 180 g/mol. The lowest BCUT2D eigenvalue weighted by molar-refractivity contribution is 0.509. The molecule has 0 amide bonds. The Balaban J connectivity index is 2.81. The van der Waals surface area contributed by atoms with Crippen molar-refractivity contribution in [2.75, 3.05) is 0 Å². The fraction of sp³-hybridized carbons (Fsp3) is 0. The van der Waals surface area contributed by atoms with Gasteiger partial charge < -0.3 is 0 Å². The van der Waals surface area contributed by atoms with E-state index in [9.17, 15) is 13.2 Å². The zero-order chi connectivity index (χ0) is 9.42. The fourth-order valence-electron chi connectivity index (χ4n) is 1.07. The van der Waals surface area contributed by atoms with Gasteiger partial charge in [0.2, 0.25) is 0 Å². The molecule has 0 N–H and O–H groups in total. The van der Waals surface area contributed by atoms with Crippen LogP contribution < -0.4 is 0 Å². The quantitative estimate of drug-likeness (QED) is 0.584. The number of benzene rings is 2. The van der Waals surface area contributed by atoms with E-state index in [1.54, 1.807) is 0 Å². The molecule has 2 radical (unpaired) electrons. The highest BCUT2D eigenvalue weighted by atomic mass is 19.2. The molecule has 0 aliphatic rings. The fourth-order valence-corrected chi connectivity index (χ4v) is 1.07. The Kier molecular flexibility index (Phi) is 1.72. The summed E-state index contributed by atoms with van der Waals surface area (Å²) in [6.07, 6.45) is 0. The van der Waals surface area contributed by atoms with Crippen LogP contribution in [0.2, 0.25) is 0 Å². The van der Waals surface area contributed by atoms with Crippen LogP contribution in [-0.4, -0.2) is 0 Å². The predicted octanol–water partition coefficient (Wildman–Crippen LogP) is 2.86. The Morgan fingerprint density at radius 3 is 2.54 bits per heavy atom. The van der Waals surface area contributed by atoms with Gasteiger partial charge in [-0.05, 0) is 35.0 Å². The second kappa shape index (κ2) is 2.76. The third-order valence-corrected chi connectivity index (χ3v) is 1.66. The van der Waals surface area contributed by atoms with Crippen LogP contribution in [0.25, 0.3) is 10.8 Å². The minimum atomic E-state index is -1.11. The highest BCUT2D eigenvalue weighted by molar-refractivity contribution is 5.81. The third-order valence-electron chi connectivity index (χ3n) is 1.66. The van der Waals surface area contributed by atoms with E-state index in [-0.39, 0.29) is 5.39 Å². The lowest BCUT2D eigenvalue weighted by Crippen LogP contribution is -1.85.